The van der Waals surface area contributed by atoms with Crippen molar-refractivity contribution in [3.63, 3.8) is 0 Å². The molecular weight excluding hydrogens is 576 g/mol. The molecule has 0 aliphatic rings. The Morgan fingerprint density at radius 1 is 0.911 bits per heavy atom. The van der Waals surface area contributed by atoms with Crippen LogP contribution in [0.2, 0.25) is 0 Å². The molecule has 4 atom stereocenters. The highest BCUT2D eigenvalue weighted by atomic mass is 16.3. The Morgan fingerprint density at radius 2 is 1.60 bits per heavy atom. The molecule has 236 valence electrons. The predicted molar refractivity (Wildman–Crippen MR) is 168 cm³/mol. The third kappa shape index (κ3) is 8.39. The topological polar surface area (TPSA) is 206 Å². The maximum absolute atomic E-state index is 13.8. The summed E-state index contributed by atoms with van der Waals surface area (Å²) in [7, 11) is 0. The number of furan rings is 1. The molecule has 0 radical (unpaired) electrons. The fourth-order valence-corrected chi connectivity index (χ4v) is 4.99. The number of benzene rings is 2. The van der Waals surface area contributed by atoms with Gasteiger partial charge in [-0.2, -0.15) is 0 Å². The van der Waals surface area contributed by atoms with Crippen molar-refractivity contribution in [3.8, 4) is 5.75 Å². The summed E-state index contributed by atoms with van der Waals surface area (Å²) in [5, 5.41) is 18.7. The largest absolute Gasteiger partial charge is 0.508 e. The summed E-state index contributed by atoms with van der Waals surface area (Å²) in [6.07, 6.45) is 4.27. The molecule has 0 bridgehead atoms. The Labute approximate surface area is 260 Å². The Hall–Kier alpha value is -5.36. The molecule has 4 rings (SSSR count). The molecular formula is C33H38N6O6. The molecule has 0 aliphatic carbocycles. The standard InChI is InChI=1S/C33H38N6O6/c1-3-7-26(37-31(42)24(34)16-20-11-13-22(40)14-12-20)32(43)38-27(17-21-18-36-25-9-5-4-8-23(21)25)33(44)39-29(19(2)30(35)41)28-10-6-15-45-28/h4-6,8-15,18,24,26-27,29,36,40H,2-3,7,16-17,34H2,1H3,(H2,35,41)(H,37,42)(H,38,43)(H,39,44)/t24-,26+,27-,29+/m0/s1. The van der Waals surface area contributed by atoms with E-state index < -0.39 is 47.8 Å². The molecule has 0 fully saturated rings. The van der Waals surface area contributed by atoms with E-state index >= 15 is 0 Å². The normalized spacial score (nSPS) is 13.7. The zero-order chi connectivity index (χ0) is 32.5. The number of primary amides is 1. The summed E-state index contributed by atoms with van der Waals surface area (Å²) < 4.78 is 5.43. The van der Waals surface area contributed by atoms with Crippen LogP contribution in [0.5, 0.6) is 5.75 Å². The van der Waals surface area contributed by atoms with Crippen LogP contribution in [0.4, 0.5) is 0 Å². The number of carbonyl (C=O) groups excluding carboxylic acids is 4. The zero-order valence-corrected chi connectivity index (χ0v) is 24.9. The van der Waals surface area contributed by atoms with Crippen molar-refractivity contribution in [1.82, 2.24) is 20.9 Å². The number of nitrogens with two attached hydrogens (primary N) is 2. The SMILES string of the molecule is C=C(C(N)=O)[C@@H](NC(=O)[C@H](Cc1c[nH]c2ccccc12)NC(=O)[C@@H](CCC)NC(=O)[C@@H](N)Cc1ccc(O)cc1)c1ccco1. The van der Waals surface area contributed by atoms with Crippen LogP contribution >= 0.6 is 0 Å². The van der Waals surface area contributed by atoms with E-state index in [4.69, 9.17) is 15.9 Å². The molecule has 45 heavy (non-hydrogen) atoms. The summed E-state index contributed by atoms with van der Waals surface area (Å²) in [6, 6.07) is 12.9. The minimum atomic E-state index is -1.13. The van der Waals surface area contributed by atoms with Gasteiger partial charge >= 0.3 is 0 Å². The summed E-state index contributed by atoms with van der Waals surface area (Å²) >= 11 is 0. The number of amides is 4. The molecule has 0 spiro atoms. The molecule has 12 heteroatoms. The third-order valence-corrected chi connectivity index (χ3v) is 7.45. The fourth-order valence-electron chi connectivity index (χ4n) is 4.99. The number of aromatic nitrogens is 1. The van der Waals surface area contributed by atoms with Gasteiger partial charge < -0.3 is 41.9 Å². The molecule has 0 unspecified atom stereocenters. The molecule has 12 nitrogen and oxygen atoms in total. The van der Waals surface area contributed by atoms with E-state index in [0.29, 0.717) is 12.8 Å². The Bertz CT molecular complexity index is 1650. The number of para-hydroxylation sites is 1. The van der Waals surface area contributed by atoms with Gasteiger partial charge in [-0.15, -0.1) is 0 Å². The predicted octanol–water partition coefficient (Wildman–Crippen LogP) is 2.25. The van der Waals surface area contributed by atoms with E-state index in [9.17, 15) is 24.3 Å². The molecule has 2 heterocycles. The minimum absolute atomic E-state index is 0.0860. The van der Waals surface area contributed by atoms with Crippen LogP contribution in [0.3, 0.4) is 0 Å². The van der Waals surface area contributed by atoms with Crippen molar-refractivity contribution in [2.24, 2.45) is 11.5 Å². The van der Waals surface area contributed by atoms with Crippen molar-refractivity contribution in [2.45, 2.75) is 56.8 Å². The average molecular weight is 615 g/mol. The van der Waals surface area contributed by atoms with Gasteiger partial charge in [0.15, 0.2) is 0 Å². The number of aromatic hydroxyl groups is 1. The van der Waals surface area contributed by atoms with Crippen LogP contribution in [0.15, 0.2) is 89.7 Å². The highest BCUT2D eigenvalue weighted by Gasteiger charge is 2.31. The number of phenolic OH excluding ortho intramolecular Hbond substituents is 1. The Kier molecular flexibility index (Phi) is 10.8. The Morgan fingerprint density at radius 3 is 2.27 bits per heavy atom. The quantitative estimate of drug-likeness (QED) is 0.0994. The van der Waals surface area contributed by atoms with Gasteiger partial charge in [0.2, 0.25) is 23.6 Å². The van der Waals surface area contributed by atoms with Crippen molar-refractivity contribution in [1.29, 1.82) is 0 Å². The zero-order valence-electron chi connectivity index (χ0n) is 24.9. The highest BCUT2D eigenvalue weighted by Crippen LogP contribution is 2.23. The first-order valence-electron chi connectivity index (χ1n) is 14.6. The van der Waals surface area contributed by atoms with E-state index in [1.54, 1.807) is 30.5 Å². The van der Waals surface area contributed by atoms with Gasteiger partial charge in [0.25, 0.3) is 0 Å². The first-order valence-corrected chi connectivity index (χ1v) is 14.6. The van der Waals surface area contributed by atoms with Gasteiger partial charge in [0.1, 0.15) is 29.6 Å². The Balaban J connectivity index is 1.55. The van der Waals surface area contributed by atoms with Crippen LogP contribution < -0.4 is 27.4 Å². The van der Waals surface area contributed by atoms with E-state index in [1.165, 1.54) is 18.4 Å². The lowest BCUT2D eigenvalue weighted by Gasteiger charge is -2.26. The van der Waals surface area contributed by atoms with Crippen molar-refractivity contribution < 1.29 is 28.7 Å². The number of nitrogens with one attached hydrogen (secondary N) is 4. The summed E-state index contributed by atoms with van der Waals surface area (Å²) in [5.74, 6) is -2.23. The molecule has 0 saturated carbocycles. The third-order valence-electron chi connectivity index (χ3n) is 7.45. The number of phenols is 1. The van der Waals surface area contributed by atoms with Crippen LogP contribution in [-0.2, 0) is 32.0 Å². The average Bonchev–Trinajstić information content (AvgIpc) is 3.70. The van der Waals surface area contributed by atoms with Gasteiger partial charge in [-0.05, 0) is 54.3 Å². The maximum Gasteiger partial charge on any atom is 0.246 e. The van der Waals surface area contributed by atoms with Crippen LogP contribution in [0.25, 0.3) is 10.9 Å². The number of H-pyrrole nitrogens is 1. The number of rotatable bonds is 15. The number of aromatic amines is 1. The number of hydrogen-bond donors (Lipinski definition) is 7. The molecule has 9 N–H and O–H groups in total. The maximum atomic E-state index is 13.8. The molecule has 2 aromatic heterocycles. The molecule has 0 saturated heterocycles. The summed E-state index contributed by atoms with van der Waals surface area (Å²) in [4.78, 5) is 55.7. The van der Waals surface area contributed by atoms with Gasteiger partial charge in [0, 0.05) is 29.1 Å². The first kappa shape index (κ1) is 32.6. The molecule has 2 aromatic carbocycles. The van der Waals surface area contributed by atoms with Crippen molar-refractivity contribution in [3.05, 3.63) is 102 Å². The van der Waals surface area contributed by atoms with Gasteiger partial charge in [0.05, 0.1) is 12.3 Å². The smallest absolute Gasteiger partial charge is 0.246 e. The van der Waals surface area contributed by atoms with Crippen LogP contribution in [0.1, 0.15) is 42.7 Å². The van der Waals surface area contributed by atoms with Crippen LogP contribution in [-0.4, -0.2) is 51.8 Å². The molecule has 4 aromatic rings. The highest BCUT2D eigenvalue weighted by molar-refractivity contribution is 5.96. The lowest BCUT2D eigenvalue weighted by molar-refractivity contribution is -0.132. The number of carbonyl (C=O) groups is 4. The van der Waals surface area contributed by atoms with E-state index in [-0.39, 0.29) is 29.9 Å². The first-order chi connectivity index (χ1) is 21.6. The summed E-state index contributed by atoms with van der Waals surface area (Å²) in [5.41, 5.74) is 13.9. The number of fused-ring (bicyclic) bond motifs is 1. The van der Waals surface area contributed by atoms with Crippen LogP contribution in [0, 0.1) is 0 Å². The lowest BCUT2D eigenvalue weighted by atomic mass is 10.0. The van der Waals surface area contributed by atoms with Crippen molar-refractivity contribution in [2.75, 3.05) is 0 Å². The number of hydrogen-bond acceptors (Lipinski definition) is 7. The van der Waals surface area contributed by atoms with E-state index in [1.807, 2.05) is 31.2 Å². The minimum Gasteiger partial charge on any atom is -0.508 e. The summed E-state index contributed by atoms with van der Waals surface area (Å²) in [6.45, 7) is 5.59. The second-order valence-corrected chi connectivity index (χ2v) is 10.8. The molecule has 4 amide bonds. The monoisotopic (exact) mass is 614 g/mol. The van der Waals surface area contributed by atoms with E-state index in [0.717, 1.165) is 22.0 Å². The fraction of sp³-hybridized carbons (Fsp3) is 0.273. The van der Waals surface area contributed by atoms with Gasteiger partial charge in [-0.25, -0.2) is 0 Å². The van der Waals surface area contributed by atoms with E-state index in [2.05, 4.69) is 27.5 Å². The van der Waals surface area contributed by atoms with Gasteiger partial charge in [-0.3, -0.25) is 19.2 Å². The second-order valence-electron chi connectivity index (χ2n) is 10.8. The lowest BCUT2D eigenvalue weighted by Crippen LogP contribution is -2.56. The van der Waals surface area contributed by atoms with Crippen molar-refractivity contribution >= 4 is 34.5 Å². The second kappa shape index (κ2) is 14.9. The van der Waals surface area contributed by atoms with Gasteiger partial charge in [-0.1, -0.05) is 50.3 Å². The molecule has 0 aliphatic heterocycles.